The van der Waals surface area contributed by atoms with Crippen molar-refractivity contribution >= 4 is 0 Å². The molecule has 3 nitrogen and oxygen atoms in total. The Kier molecular flexibility index (Phi) is 6.16. The topological polar surface area (TPSA) is 21.7 Å². The summed E-state index contributed by atoms with van der Waals surface area (Å²) in [5.41, 5.74) is 3.87. The average Bonchev–Trinajstić information content (AvgIpc) is 2.77. The van der Waals surface area contributed by atoms with Gasteiger partial charge in [-0.3, -0.25) is 0 Å². The van der Waals surface area contributed by atoms with Gasteiger partial charge in [-0.15, -0.1) is 0 Å². The van der Waals surface area contributed by atoms with E-state index in [2.05, 4.69) is 91.8 Å². The fraction of sp³-hybridized carbons (Fsp3) is 0.308. The minimum absolute atomic E-state index is 0.269. The van der Waals surface area contributed by atoms with E-state index in [-0.39, 0.29) is 11.8 Å². The van der Waals surface area contributed by atoms with E-state index in [1.807, 2.05) is 6.07 Å². The van der Waals surface area contributed by atoms with Crippen LogP contribution in [0.3, 0.4) is 0 Å². The van der Waals surface area contributed by atoms with Gasteiger partial charge in [0, 0.05) is 23.9 Å². The number of para-hydroxylation sites is 1. The molecule has 2 atom stereocenters. The number of hydrogen-bond acceptors (Lipinski definition) is 3. The lowest BCUT2D eigenvalue weighted by atomic mass is 9.76. The minimum Gasteiger partial charge on any atom is -0.494 e. The molecule has 150 valence electrons. The lowest BCUT2D eigenvalue weighted by molar-refractivity contribution is 0.249. The summed E-state index contributed by atoms with van der Waals surface area (Å²) >= 11 is 0. The molecule has 2 unspecified atom stereocenters. The van der Waals surface area contributed by atoms with Crippen molar-refractivity contribution in [2.24, 2.45) is 0 Å². The van der Waals surface area contributed by atoms with Gasteiger partial charge in [0.2, 0.25) is 0 Å². The first-order chi connectivity index (χ1) is 14.2. The van der Waals surface area contributed by atoms with E-state index in [0.29, 0.717) is 6.61 Å². The molecule has 3 heteroatoms. The number of rotatable bonds is 7. The highest BCUT2D eigenvalue weighted by Crippen LogP contribution is 2.45. The average molecular weight is 388 g/mol. The summed E-state index contributed by atoms with van der Waals surface area (Å²) in [7, 11) is 4.17. The third-order valence-corrected chi connectivity index (χ3v) is 5.56. The van der Waals surface area contributed by atoms with Gasteiger partial charge < -0.3 is 14.4 Å². The zero-order valence-electron chi connectivity index (χ0n) is 17.3. The number of hydrogen-bond donors (Lipinski definition) is 0. The summed E-state index contributed by atoms with van der Waals surface area (Å²) in [5, 5.41) is 0. The molecule has 0 aliphatic carbocycles. The smallest absolute Gasteiger partial charge is 0.123 e. The molecule has 4 rings (SSSR count). The van der Waals surface area contributed by atoms with Crippen molar-refractivity contribution < 1.29 is 9.47 Å². The van der Waals surface area contributed by atoms with Gasteiger partial charge in [-0.05, 0) is 49.8 Å². The third kappa shape index (κ3) is 4.63. The second kappa shape index (κ2) is 9.15. The normalized spacial score (nSPS) is 18.2. The molecule has 3 aromatic carbocycles. The van der Waals surface area contributed by atoms with Gasteiger partial charge in [0.25, 0.3) is 0 Å². The fourth-order valence-corrected chi connectivity index (χ4v) is 4.10. The van der Waals surface area contributed by atoms with Crippen molar-refractivity contribution in [3.8, 4) is 11.5 Å². The second-order valence-corrected chi connectivity index (χ2v) is 7.92. The summed E-state index contributed by atoms with van der Waals surface area (Å²) in [6.07, 6.45) is 1.03. The molecule has 0 saturated heterocycles. The Morgan fingerprint density at radius 3 is 2.34 bits per heavy atom. The largest absolute Gasteiger partial charge is 0.494 e. The summed E-state index contributed by atoms with van der Waals surface area (Å²) in [6, 6.07) is 27.7. The molecular formula is C26H29NO2. The van der Waals surface area contributed by atoms with Crippen LogP contribution < -0.4 is 9.47 Å². The van der Waals surface area contributed by atoms with Crippen molar-refractivity contribution in [2.75, 3.05) is 33.9 Å². The Bertz CT molecular complexity index is 906. The number of benzene rings is 3. The molecule has 1 aliphatic rings. The minimum atomic E-state index is 0.269. The molecule has 0 spiro atoms. The molecule has 0 fully saturated rings. The van der Waals surface area contributed by atoms with E-state index in [0.717, 1.165) is 31.1 Å². The SMILES string of the molecule is CN(C)CCCOc1ccc(C2c3ccccc3OCC2c2ccccc2)cc1. The van der Waals surface area contributed by atoms with Gasteiger partial charge in [0.15, 0.2) is 0 Å². The number of fused-ring (bicyclic) bond motifs is 1. The molecule has 0 radical (unpaired) electrons. The van der Waals surface area contributed by atoms with Crippen LogP contribution in [0, 0.1) is 0 Å². The van der Waals surface area contributed by atoms with Crippen molar-refractivity contribution in [2.45, 2.75) is 18.3 Å². The predicted molar refractivity (Wildman–Crippen MR) is 118 cm³/mol. The van der Waals surface area contributed by atoms with Gasteiger partial charge in [-0.25, -0.2) is 0 Å². The van der Waals surface area contributed by atoms with Crippen molar-refractivity contribution in [1.82, 2.24) is 4.90 Å². The van der Waals surface area contributed by atoms with Crippen LogP contribution in [-0.4, -0.2) is 38.8 Å². The van der Waals surface area contributed by atoms with Crippen molar-refractivity contribution in [3.63, 3.8) is 0 Å². The molecule has 0 bridgehead atoms. The molecule has 3 aromatic rings. The van der Waals surface area contributed by atoms with Crippen LogP contribution in [0.1, 0.15) is 34.9 Å². The highest BCUT2D eigenvalue weighted by molar-refractivity contribution is 5.48. The molecular weight excluding hydrogens is 358 g/mol. The van der Waals surface area contributed by atoms with Crippen molar-refractivity contribution in [1.29, 1.82) is 0 Å². The third-order valence-electron chi connectivity index (χ3n) is 5.56. The van der Waals surface area contributed by atoms with Gasteiger partial charge >= 0.3 is 0 Å². The van der Waals surface area contributed by atoms with E-state index in [4.69, 9.17) is 9.47 Å². The van der Waals surface area contributed by atoms with Gasteiger partial charge in [-0.2, -0.15) is 0 Å². The second-order valence-electron chi connectivity index (χ2n) is 7.92. The maximum Gasteiger partial charge on any atom is 0.123 e. The van der Waals surface area contributed by atoms with Gasteiger partial charge in [0.05, 0.1) is 13.2 Å². The Morgan fingerprint density at radius 1 is 0.862 bits per heavy atom. The first kappa shape index (κ1) is 19.5. The lowest BCUT2D eigenvalue weighted by Gasteiger charge is -2.34. The Labute approximate surface area is 173 Å². The monoisotopic (exact) mass is 387 g/mol. The summed E-state index contributed by atoms with van der Waals surface area (Å²) in [4.78, 5) is 2.18. The number of ether oxygens (including phenoxy) is 2. The summed E-state index contributed by atoms with van der Waals surface area (Å²) in [6.45, 7) is 2.47. The molecule has 1 heterocycles. The zero-order chi connectivity index (χ0) is 20.1. The van der Waals surface area contributed by atoms with Gasteiger partial charge in [0.1, 0.15) is 11.5 Å². The van der Waals surface area contributed by atoms with E-state index in [1.54, 1.807) is 0 Å². The van der Waals surface area contributed by atoms with E-state index < -0.39 is 0 Å². The fourth-order valence-electron chi connectivity index (χ4n) is 4.10. The molecule has 0 N–H and O–H groups in total. The standard InChI is InChI=1S/C26H29NO2/c1-27(2)17-8-18-28-22-15-13-21(14-16-22)26-23-11-6-7-12-25(23)29-19-24(26)20-9-4-3-5-10-20/h3-7,9-16,24,26H,8,17-19H2,1-2H3. The molecule has 0 saturated carbocycles. The van der Waals surface area contributed by atoms with E-state index in [9.17, 15) is 0 Å². The van der Waals surface area contributed by atoms with Crippen LogP contribution in [0.25, 0.3) is 0 Å². The Balaban J connectivity index is 1.58. The van der Waals surface area contributed by atoms with Crippen molar-refractivity contribution in [3.05, 3.63) is 95.6 Å². The van der Waals surface area contributed by atoms with Crippen LogP contribution in [0.4, 0.5) is 0 Å². The molecule has 1 aliphatic heterocycles. The zero-order valence-corrected chi connectivity index (χ0v) is 17.3. The summed E-state index contributed by atoms with van der Waals surface area (Å²) < 4.78 is 12.1. The van der Waals surface area contributed by atoms with Crippen LogP contribution in [0.2, 0.25) is 0 Å². The quantitative estimate of drug-likeness (QED) is 0.512. The van der Waals surface area contributed by atoms with Crippen LogP contribution in [-0.2, 0) is 0 Å². The first-order valence-corrected chi connectivity index (χ1v) is 10.4. The first-order valence-electron chi connectivity index (χ1n) is 10.4. The highest BCUT2D eigenvalue weighted by Gasteiger charge is 2.33. The summed E-state index contributed by atoms with van der Waals surface area (Å²) in [5.74, 6) is 2.49. The van der Waals surface area contributed by atoms with Crippen LogP contribution in [0.15, 0.2) is 78.9 Å². The lowest BCUT2D eigenvalue weighted by Crippen LogP contribution is -2.25. The van der Waals surface area contributed by atoms with Gasteiger partial charge in [-0.1, -0.05) is 60.7 Å². The maximum absolute atomic E-state index is 6.12. The Hall–Kier alpha value is -2.78. The Morgan fingerprint density at radius 2 is 1.59 bits per heavy atom. The molecule has 0 aromatic heterocycles. The highest BCUT2D eigenvalue weighted by atomic mass is 16.5. The van der Waals surface area contributed by atoms with E-state index >= 15 is 0 Å². The van der Waals surface area contributed by atoms with E-state index in [1.165, 1.54) is 16.7 Å². The molecule has 29 heavy (non-hydrogen) atoms. The maximum atomic E-state index is 6.12. The predicted octanol–water partition coefficient (Wildman–Crippen LogP) is 5.33. The van der Waals surface area contributed by atoms with Crippen LogP contribution >= 0.6 is 0 Å². The van der Waals surface area contributed by atoms with Crippen LogP contribution in [0.5, 0.6) is 11.5 Å². The molecule has 0 amide bonds. The number of nitrogens with zero attached hydrogens (tertiary/aromatic N) is 1.